The first-order valence-corrected chi connectivity index (χ1v) is 5.84. The Balaban J connectivity index is 2.23. The van der Waals surface area contributed by atoms with Crippen LogP contribution in [0.25, 0.3) is 11.0 Å². The van der Waals surface area contributed by atoms with E-state index in [0.29, 0.717) is 16.3 Å². The number of halogens is 2. The zero-order valence-corrected chi connectivity index (χ0v) is 9.59. The Morgan fingerprint density at radius 1 is 1.27 bits per heavy atom. The van der Waals surface area contributed by atoms with Crippen LogP contribution >= 0.6 is 23.2 Å². The van der Waals surface area contributed by atoms with Gasteiger partial charge in [-0.05, 0) is 49.1 Å². The van der Waals surface area contributed by atoms with Crippen LogP contribution < -0.4 is 0 Å². The number of imidazole rings is 1. The second kappa shape index (κ2) is 3.39. The van der Waals surface area contributed by atoms with Crippen LogP contribution in [0.1, 0.15) is 25.3 Å². The molecular weight excluding hydrogens is 231 g/mol. The summed E-state index contributed by atoms with van der Waals surface area (Å²) >= 11 is 12.1. The minimum absolute atomic E-state index is 0.531. The molecule has 0 saturated heterocycles. The molecule has 1 fully saturated rings. The van der Waals surface area contributed by atoms with Crippen molar-refractivity contribution < 1.29 is 0 Å². The van der Waals surface area contributed by atoms with Gasteiger partial charge in [0.25, 0.3) is 0 Å². The molecule has 0 amide bonds. The summed E-state index contributed by atoms with van der Waals surface area (Å²) in [4.78, 5) is 4.32. The standard InChI is InChI=1S/C11H10Cl2N2/c12-7-4-5-10-9(6-7)14-11(13)15(10)8-2-1-3-8/h4-6,8H,1-3H2. The Kier molecular flexibility index (Phi) is 2.15. The average molecular weight is 241 g/mol. The Labute approximate surface area is 97.8 Å². The molecule has 0 unspecified atom stereocenters. The van der Waals surface area contributed by atoms with Crippen LogP contribution in [-0.4, -0.2) is 9.55 Å². The van der Waals surface area contributed by atoms with E-state index >= 15 is 0 Å². The molecule has 15 heavy (non-hydrogen) atoms. The van der Waals surface area contributed by atoms with Crippen molar-refractivity contribution in [3.63, 3.8) is 0 Å². The number of rotatable bonds is 1. The first-order chi connectivity index (χ1) is 7.25. The number of benzene rings is 1. The highest BCUT2D eigenvalue weighted by Gasteiger charge is 2.23. The minimum Gasteiger partial charge on any atom is -0.312 e. The van der Waals surface area contributed by atoms with Gasteiger partial charge in [0.05, 0.1) is 11.0 Å². The van der Waals surface area contributed by atoms with E-state index in [1.54, 1.807) is 0 Å². The summed E-state index contributed by atoms with van der Waals surface area (Å²) in [5.41, 5.74) is 1.98. The highest BCUT2D eigenvalue weighted by Crippen LogP contribution is 2.37. The predicted octanol–water partition coefficient (Wildman–Crippen LogP) is 4.07. The fourth-order valence-corrected chi connectivity index (χ4v) is 2.52. The van der Waals surface area contributed by atoms with Crippen molar-refractivity contribution >= 4 is 34.2 Å². The Morgan fingerprint density at radius 3 is 2.73 bits per heavy atom. The molecule has 1 saturated carbocycles. The fourth-order valence-electron chi connectivity index (χ4n) is 2.03. The lowest BCUT2D eigenvalue weighted by molar-refractivity contribution is 0.321. The van der Waals surface area contributed by atoms with Crippen molar-refractivity contribution in [1.29, 1.82) is 0 Å². The van der Waals surface area contributed by atoms with Crippen molar-refractivity contribution in [2.45, 2.75) is 25.3 Å². The molecular formula is C11H10Cl2N2. The summed E-state index contributed by atoms with van der Waals surface area (Å²) in [6, 6.07) is 6.27. The van der Waals surface area contributed by atoms with Crippen molar-refractivity contribution in [2.24, 2.45) is 0 Å². The lowest BCUT2D eigenvalue weighted by Crippen LogP contribution is -2.16. The molecule has 4 heteroatoms. The molecule has 3 rings (SSSR count). The molecule has 1 heterocycles. The summed E-state index contributed by atoms with van der Waals surface area (Å²) in [5, 5.41) is 1.29. The molecule has 2 aromatic rings. The number of hydrogen-bond acceptors (Lipinski definition) is 1. The van der Waals surface area contributed by atoms with Gasteiger partial charge < -0.3 is 4.57 Å². The van der Waals surface area contributed by atoms with Crippen LogP contribution in [0.5, 0.6) is 0 Å². The van der Waals surface area contributed by atoms with Gasteiger partial charge >= 0.3 is 0 Å². The molecule has 0 bridgehead atoms. The summed E-state index contributed by atoms with van der Waals surface area (Å²) < 4.78 is 2.12. The van der Waals surface area contributed by atoms with Gasteiger partial charge in [0.15, 0.2) is 0 Å². The zero-order valence-electron chi connectivity index (χ0n) is 8.08. The SMILES string of the molecule is Clc1ccc2c(c1)nc(Cl)n2C1CCC1. The van der Waals surface area contributed by atoms with Gasteiger partial charge in [0, 0.05) is 11.1 Å². The van der Waals surface area contributed by atoms with Crippen molar-refractivity contribution in [1.82, 2.24) is 9.55 Å². The molecule has 0 spiro atoms. The fraction of sp³-hybridized carbons (Fsp3) is 0.364. The van der Waals surface area contributed by atoms with E-state index in [1.807, 2.05) is 18.2 Å². The van der Waals surface area contributed by atoms with Gasteiger partial charge in [-0.1, -0.05) is 11.6 Å². The first-order valence-electron chi connectivity index (χ1n) is 5.09. The summed E-state index contributed by atoms with van der Waals surface area (Å²) in [6.07, 6.45) is 3.69. The molecule has 0 atom stereocenters. The van der Waals surface area contributed by atoms with E-state index in [-0.39, 0.29) is 0 Å². The van der Waals surface area contributed by atoms with Gasteiger partial charge in [-0.25, -0.2) is 4.98 Å². The summed E-state index contributed by atoms with van der Waals surface area (Å²) in [5.74, 6) is 0. The lowest BCUT2D eigenvalue weighted by atomic mass is 9.93. The number of nitrogens with zero attached hydrogens (tertiary/aromatic N) is 2. The molecule has 2 nitrogen and oxygen atoms in total. The van der Waals surface area contributed by atoms with Crippen LogP contribution in [0.2, 0.25) is 10.3 Å². The number of aromatic nitrogens is 2. The van der Waals surface area contributed by atoms with Crippen LogP contribution in [-0.2, 0) is 0 Å². The van der Waals surface area contributed by atoms with Gasteiger partial charge in [0.1, 0.15) is 0 Å². The van der Waals surface area contributed by atoms with E-state index < -0.39 is 0 Å². The molecule has 1 aromatic carbocycles. The Bertz CT molecular complexity index is 515. The highest BCUT2D eigenvalue weighted by atomic mass is 35.5. The van der Waals surface area contributed by atoms with Gasteiger partial charge in [0.2, 0.25) is 5.28 Å². The van der Waals surface area contributed by atoms with Crippen LogP contribution in [0, 0.1) is 0 Å². The molecule has 1 aliphatic carbocycles. The Hall–Kier alpha value is -0.730. The van der Waals surface area contributed by atoms with Crippen molar-refractivity contribution in [3.8, 4) is 0 Å². The second-order valence-electron chi connectivity index (χ2n) is 3.97. The second-order valence-corrected chi connectivity index (χ2v) is 4.74. The smallest absolute Gasteiger partial charge is 0.204 e. The van der Waals surface area contributed by atoms with Crippen molar-refractivity contribution in [3.05, 3.63) is 28.5 Å². The normalized spacial score (nSPS) is 16.9. The highest BCUT2D eigenvalue weighted by molar-refractivity contribution is 6.31. The van der Waals surface area contributed by atoms with E-state index in [4.69, 9.17) is 23.2 Å². The first kappa shape index (κ1) is 9.49. The van der Waals surface area contributed by atoms with E-state index in [9.17, 15) is 0 Å². The van der Waals surface area contributed by atoms with Crippen LogP contribution in [0.4, 0.5) is 0 Å². The topological polar surface area (TPSA) is 17.8 Å². The quantitative estimate of drug-likeness (QED) is 0.735. The summed E-state index contributed by atoms with van der Waals surface area (Å²) in [7, 11) is 0. The lowest BCUT2D eigenvalue weighted by Gasteiger charge is -2.27. The van der Waals surface area contributed by atoms with E-state index in [2.05, 4.69) is 9.55 Å². The number of fused-ring (bicyclic) bond motifs is 1. The van der Waals surface area contributed by atoms with Crippen LogP contribution in [0.15, 0.2) is 18.2 Å². The molecule has 1 aliphatic rings. The third-order valence-electron chi connectivity index (χ3n) is 3.05. The van der Waals surface area contributed by atoms with Crippen molar-refractivity contribution in [2.75, 3.05) is 0 Å². The summed E-state index contributed by atoms with van der Waals surface area (Å²) in [6.45, 7) is 0. The third-order valence-corrected chi connectivity index (χ3v) is 3.55. The largest absolute Gasteiger partial charge is 0.312 e. The average Bonchev–Trinajstić information content (AvgIpc) is 2.40. The van der Waals surface area contributed by atoms with E-state index in [1.165, 1.54) is 19.3 Å². The zero-order chi connectivity index (χ0) is 10.4. The maximum Gasteiger partial charge on any atom is 0.204 e. The third kappa shape index (κ3) is 1.44. The molecule has 0 N–H and O–H groups in total. The monoisotopic (exact) mass is 240 g/mol. The van der Waals surface area contributed by atoms with E-state index in [0.717, 1.165) is 11.0 Å². The van der Waals surface area contributed by atoms with Gasteiger partial charge in [-0.2, -0.15) is 0 Å². The maximum atomic E-state index is 6.14. The molecule has 1 aromatic heterocycles. The molecule has 0 radical (unpaired) electrons. The Morgan fingerprint density at radius 2 is 2.07 bits per heavy atom. The van der Waals surface area contributed by atoms with Gasteiger partial charge in [-0.3, -0.25) is 0 Å². The number of hydrogen-bond donors (Lipinski definition) is 0. The molecule has 78 valence electrons. The molecule has 0 aliphatic heterocycles. The van der Waals surface area contributed by atoms with Gasteiger partial charge in [-0.15, -0.1) is 0 Å². The predicted molar refractivity (Wildman–Crippen MR) is 62.6 cm³/mol. The van der Waals surface area contributed by atoms with Crippen LogP contribution in [0.3, 0.4) is 0 Å². The minimum atomic E-state index is 0.531. The maximum absolute atomic E-state index is 6.14.